The average Bonchev–Trinajstić information content (AvgIpc) is 2.42. The molecule has 0 aromatic carbocycles. The number of carbonyl (C=O) groups is 2. The van der Waals surface area contributed by atoms with Crippen LogP contribution in [0.3, 0.4) is 0 Å². The van der Waals surface area contributed by atoms with Crippen LogP contribution in [0.5, 0.6) is 0 Å². The first-order valence-electron chi connectivity index (χ1n) is 8.64. The van der Waals surface area contributed by atoms with Crippen LogP contribution >= 0.6 is 0 Å². The molecule has 130 valence electrons. The van der Waals surface area contributed by atoms with Gasteiger partial charge in [-0.1, -0.05) is 41.5 Å². The molecule has 22 heavy (non-hydrogen) atoms. The molecule has 0 aliphatic carbocycles. The van der Waals surface area contributed by atoms with Crippen LogP contribution in [0.2, 0.25) is 0 Å². The van der Waals surface area contributed by atoms with E-state index < -0.39 is 0 Å². The minimum Gasteiger partial charge on any atom is -0.465 e. The molecular weight excluding hydrogens is 280 g/mol. The van der Waals surface area contributed by atoms with Crippen LogP contribution in [-0.4, -0.2) is 25.2 Å². The SMILES string of the molecule is CCCC(=O)OCC(C(C)C)C(COC(=O)CCC)C(C)C. The number of hydrogen-bond acceptors (Lipinski definition) is 4. The lowest BCUT2D eigenvalue weighted by Gasteiger charge is -2.32. The molecule has 4 nitrogen and oxygen atoms in total. The molecule has 0 rings (SSSR count). The van der Waals surface area contributed by atoms with Crippen molar-refractivity contribution in [3.63, 3.8) is 0 Å². The zero-order valence-electron chi connectivity index (χ0n) is 15.2. The van der Waals surface area contributed by atoms with Crippen LogP contribution in [0.1, 0.15) is 67.2 Å². The number of ether oxygens (including phenoxy) is 2. The maximum atomic E-state index is 11.6. The van der Waals surface area contributed by atoms with E-state index in [1.54, 1.807) is 0 Å². The number of rotatable bonds is 11. The van der Waals surface area contributed by atoms with E-state index in [9.17, 15) is 9.59 Å². The molecule has 0 spiro atoms. The van der Waals surface area contributed by atoms with Crippen molar-refractivity contribution in [2.75, 3.05) is 13.2 Å². The van der Waals surface area contributed by atoms with Gasteiger partial charge in [0.25, 0.3) is 0 Å². The molecule has 4 heteroatoms. The van der Waals surface area contributed by atoms with E-state index in [4.69, 9.17) is 9.47 Å². The molecule has 2 atom stereocenters. The third kappa shape index (κ3) is 8.40. The van der Waals surface area contributed by atoms with Gasteiger partial charge < -0.3 is 9.47 Å². The molecule has 0 radical (unpaired) electrons. The predicted octanol–water partition coefficient (Wildman–Crippen LogP) is 4.22. The Morgan fingerprint density at radius 3 is 1.27 bits per heavy atom. The van der Waals surface area contributed by atoms with Gasteiger partial charge in [0, 0.05) is 24.7 Å². The Morgan fingerprint density at radius 2 is 1.05 bits per heavy atom. The summed E-state index contributed by atoms with van der Waals surface area (Å²) in [5.74, 6) is 0.862. The molecule has 0 aliphatic rings. The van der Waals surface area contributed by atoms with Crippen LogP contribution in [0.15, 0.2) is 0 Å². The summed E-state index contributed by atoms with van der Waals surface area (Å²) in [4.78, 5) is 23.2. The van der Waals surface area contributed by atoms with E-state index in [2.05, 4.69) is 27.7 Å². The van der Waals surface area contributed by atoms with Crippen LogP contribution < -0.4 is 0 Å². The van der Waals surface area contributed by atoms with Gasteiger partial charge in [-0.2, -0.15) is 0 Å². The summed E-state index contributed by atoms with van der Waals surface area (Å²) < 4.78 is 10.8. The zero-order chi connectivity index (χ0) is 17.1. The quantitative estimate of drug-likeness (QED) is 0.536. The fraction of sp³-hybridized carbons (Fsp3) is 0.889. The molecule has 0 amide bonds. The van der Waals surface area contributed by atoms with Crippen molar-refractivity contribution in [1.29, 1.82) is 0 Å². The van der Waals surface area contributed by atoms with Crippen molar-refractivity contribution < 1.29 is 19.1 Å². The van der Waals surface area contributed by atoms with E-state index in [0.29, 0.717) is 37.9 Å². The minimum absolute atomic E-state index is 0.140. The maximum absolute atomic E-state index is 11.6. The fourth-order valence-electron chi connectivity index (χ4n) is 2.55. The topological polar surface area (TPSA) is 52.6 Å². The van der Waals surface area contributed by atoms with Gasteiger partial charge in [-0.15, -0.1) is 0 Å². The lowest BCUT2D eigenvalue weighted by Crippen LogP contribution is -2.33. The van der Waals surface area contributed by atoms with Gasteiger partial charge in [0.15, 0.2) is 0 Å². The summed E-state index contributed by atoms with van der Waals surface area (Å²) in [6.07, 6.45) is 2.52. The second kappa shape index (κ2) is 11.5. The van der Waals surface area contributed by atoms with Gasteiger partial charge in [0.05, 0.1) is 13.2 Å². The highest BCUT2D eigenvalue weighted by atomic mass is 16.5. The van der Waals surface area contributed by atoms with Gasteiger partial charge in [0.1, 0.15) is 0 Å². The first kappa shape index (κ1) is 20.9. The van der Waals surface area contributed by atoms with Crippen molar-refractivity contribution in [2.45, 2.75) is 67.2 Å². The Balaban J connectivity index is 4.66. The Morgan fingerprint density at radius 1 is 0.727 bits per heavy atom. The van der Waals surface area contributed by atoms with E-state index in [1.165, 1.54) is 0 Å². The van der Waals surface area contributed by atoms with Gasteiger partial charge in [0.2, 0.25) is 0 Å². The molecular formula is C18H34O4. The van der Waals surface area contributed by atoms with Crippen LogP contribution in [0.25, 0.3) is 0 Å². The van der Waals surface area contributed by atoms with Crippen molar-refractivity contribution in [3.05, 3.63) is 0 Å². The van der Waals surface area contributed by atoms with E-state index >= 15 is 0 Å². The smallest absolute Gasteiger partial charge is 0.305 e. The molecule has 2 unspecified atom stereocenters. The number of hydrogen-bond donors (Lipinski definition) is 0. The Kier molecular flexibility index (Phi) is 10.9. The second-order valence-electron chi connectivity index (χ2n) is 6.68. The number of esters is 2. The fourth-order valence-corrected chi connectivity index (χ4v) is 2.55. The molecule has 0 aliphatic heterocycles. The third-order valence-electron chi connectivity index (χ3n) is 4.04. The Bertz CT molecular complexity index is 291. The largest absolute Gasteiger partial charge is 0.465 e. The molecule has 0 aromatic heterocycles. The Labute approximate surface area is 135 Å². The van der Waals surface area contributed by atoms with Crippen molar-refractivity contribution in [2.24, 2.45) is 23.7 Å². The average molecular weight is 314 g/mol. The van der Waals surface area contributed by atoms with Crippen LogP contribution in [0, 0.1) is 23.7 Å². The van der Waals surface area contributed by atoms with Gasteiger partial charge in [-0.25, -0.2) is 0 Å². The summed E-state index contributed by atoms with van der Waals surface area (Å²) in [5.41, 5.74) is 0. The van der Waals surface area contributed by atoms with Crippen LogP contribution in [-0.2, 0) is 19.1 Å². The summed E-state index contributed by atoms with van der Waals surface area (Å²) >= 11 is 0. The molecule has 0 aromatic rings. The first-order valence-corrected chi connectivity index (χ1v) is 8.64. The van der Waals surface area contributed by atoms with Crippen molar-refractivity contribution in [1.82, 2.24) is 0 Å². The van der Waals surface area contributed by atoms with E-state index in [-0.39, 0.29) is 23.8 Å². The summed E-state index contributed by atoms with van der Waals surface area (Å²) in [7, 11) is 0. The molecule has 0 bridgehead atoms. The van der Waals surface area contributed by atoms with Gasteiger partial charge in [-0.3, -0.25) is 9.59 Å². The molecule has 0 N–H and O–H groups in total. The second-order valence-corrected chi connectivity index (χ2v) is 6.68. The standard InChI is InChI=1S/C18H34O4/c1-7-9-17(19)21-11-15(13(3)4)16(14(5)6)12-22-18(20)10-8-2/h13-16H,7-12H2,1-6H3. The highest BCUT2D eigenvalue weighted by molar-refractivity contribution is 5.69. The zero-order valence-corrected chi connectivity index (χ0v) is 15.2. The van der Waals surface area contributed by atoms with Crippen molar-refractivity contribution >= 4 is 11.9 Å². The third-order valence-corrected chi connectivity index (χ3v) is 4.04. The Hall–Kier alpha value is -1.06. The summed E-state index contributed by atoms with van der Waals surface area (Å²) in [6, 6.07) is 0. The predicted molar refractivity (Wildman–Crippen MR) is 88.4 cm³/mol. The van der Waals surface area contributed by atoms with Gasteiger partial charge in [-0.05, 0) is 24.7 Å². The molecule has 0 saturated carbocycles. The lowest BCUT2D eigenvalue weighted by atomic mass is 9.78. The van der Waals surface area contributed by atoms with E-state index in [0.717, 1.165) is 12.8 Å². The summed E-state index contributed by atoms with van der Waals surface area (Å²) in [5, 5.41) is 0. The normalized spacial score (nSPS) is 14.0. The number of carbonyl (C=O) groups excluding carboxylic acids is 2. The minimum atomic E-state index is -0.140. The maximum Gasteiger partial charge on any atom is 0.305 e. The van der Waals surface area contributed by atoms with Crippen LogP contribution in [0.4, 0.5) is 0 Å². The van der Waals surface area contributed by atoms with E-state index in [1.807, 2.05) is 13.8 Å². The van der Waals surface area contributed by atoms with Gasteiger partial charge >= 0.3 is 11.9 Å². The highest BCUT2D eigenvalue weighted by Crippen LogP contribution is 2.28. The first-order chi connectivity index (χ1) is 10.3. The molecule has 0 saturated heterocycles. The molecule has 0 fully saturated rings. The summed E-state index contributed by atoms with van der Waals surface area (Å²) in [6.45, 7) is 13.2. The monoisotopic (exact) mass is 314 g/mol. The van der Waals surface area contributed by atoms with Crippen molar-refractivity contribution in [3.8, 4) is 0 Å². The highest BCUT2D eigenvalue weighted by Gasteiger charge is 2.29. The molecule has 0 heterocycles. The lowest BCUT2D eigenvalue weighted by molar-refractivity contribution is -0.151.